The third kappa shape index (κ3) is 3.49. The van der Waals surface area contributed by atoms with Crippen molar-refractivity contribution in [2.45, 2.75) is 19.9 Å². The van der Waals surface area contributed by atoms with E-state index in [9.17, 15) is 4.79 Å². The average Bonchev–Trinajstić information content (AvgIpc) is 2.16. The van der Waals surface area contributed by atoms with Gasteiger partial charge in [0.15, 0.2) is 0 Å². The first kappa shape index (κ1) is 11.9. The number of carbonyl (C=O) groups excluding carboxylic acids is 1. The Morgan fingerprint density at radius 3 is 2.87 bits per heavy atom. The lowest BCUT2D eigenvalue weighted by atomic mass is 10.2. The van der Waals surface area contributed by atoms with Crippen molar-refractivity contribution in [1.82, 2.24) is 10.3 Å². The minimum absolute atomic E-state index is 0.0937. The maximum Gasteiger partial charge on any atom is 0.251 e. The Hall–Kier alpha value is -1.13. The normalized spacial score (nSPS) is 12.3. The van der Waals surface area contributed by atoms with Gasteiger partial charge < -0.3 is 10.4 Å². The standard InChI is InChI=1S/C10H13ClN2O2/c1-6-3-8(4-9(11)12-6)10(15)13-7(2)5-14/h3-4,7,14H,5H2,1-2H3,(H,13,15)/t7-/m1/s1. The number of hydrogen-bond acceptors (Lipinski definition) is 3. The van der Waals surface area contributed by atoms with E-state index in [1.807, 2.05) is 0 Å². The second kappa shape index (κ2) is 5.09. The SMILES string of the molecule is Cc1cc(C(=O)N[C@H](C)CO)cc(Cl)n1. The van der Waals surface area contributed by atoms with Crippen molar-refractivity contribution in [1.29, 1.82) is 0 Å². The number of nitrogens with one attached hydrogen (secondary N) is 1. The number of amides is 1. The molecule has 4 nitrogen and oxygen atoms in total. The summed E-state index contributed by atoms with van der Waals surface area (Å²) in [5.74, 6) is -0.260. The van der Waals surface area contributed by atoms with Crippen LogP contribution in [0.4, 0.5) is 0 Å². The molecule has 0 saturated heterocycles. The topological polar surface area (TPSA) is 62.2 Å². The molecule has 0 radical (unpaired) electrons. The van der Waals surface area contributed by atoms with E-state index in [-0.39, 0.29) is 23.7 Å². The molecule has 0 unspecified atom stereocenters. The van der Waals surface area contributed by atoms with Crippen LogP contribution in [-0.2, 0) is 0 Å². The highest BCUT2D eigenvalue weighted by molar-refractivity contribution is 6.29. The van der Waals surface area contributed by atoms with E-state index in [0.717, 1.165) is 0 Å². The molecule has 0 bridgehead atoms. The monoisotopic (exact) mass is 228 g/mol. The van der Waals surface area contributed by atoms with Crippen molar-refractivity contribution >= 4 is 17.5 Å². The van der Waals surface area contributed by atoms with Gasteiger partial charge in [-0.15, -0.1) is 0 Å². The summed E-state index contributed by atoms with van der Waals surface area (Å²) in [5.41, 5.74) is 1.14. The van der Waals surface area contributed by atoms with Crippen LogP contribution in [0.15, 0.2) is 12.1 Å². The van der Waals surface area contributed by atoms with Crippen LogP contribution in [0.25, 0.3) is 0 Å². The zero-order valence-electron chi connectivity index (χ0n) is 8.62. The van der Waals surface area contributed by atoms with Crippen molar-refractivity contribution in [3.63, 3.8) is 0 Å². The molecule has 5 heteroatoms. The zero-order chi connectivity index (χ0) is 11.4. The lowest BCUT2D eigenvalue weighted by Gasteiger charge is -2.10. The Morgan fingerprint density at radius 2 is 2.33 bits per heavy atom. The summed E-state index contributed by atoms with van der Waals surface area (Å²) >= 11 is 5.72. The van der Waals surface area contributed by atoms with Crippen molar-refractivity contribution in [2.75, 3.05) is 6.61 Å². The van der Waals surface area contributed by atoms with Gasteiger partial charge in [-0.1, -0.05) is 11.6 Å². The van der Waals surface area contributed by atoms with Crippen LogP contribution in [0, 0.1) is 6.92 Å². The molecule has 0 aliphatic heterocycles. The molecule has 0 spiro atoms. The lowest BCUT2D eigenvalue weighted by Crippen LogP contribution is -2.35. The van der Waals surface area contributed by atoms with Crippen molar-refractivity contribution < 1.29 is 9.90 Å². The Bertz CT molecular complexity index is 348. The first-order valence-electron chi connectivity index (χ1n) is 4.59. The second-order valence-corrected chi connectivity index (χ2v) is 3.76. The fraction of sp³-hybridized carbons (Fsp3) is 0.400. The summed E-state index contributed by atoms with van der Waals surface area (Å²) in [7, 11) is 0. The van der Waals surface area contributed by atoms with Gasteiger partial charge >= 0.3 is 0 Å². The molecule has 1 aromatic rings. The average molecular weight is 229 g/mol. The number of aromatic nitrogens is 1. The lowest BCUT2D eigenvalue weighted by molar-refractivity contribution is 0.0922. The van der Waals surface area contributed by atoms with E-state index in [2.05, 4.69) is 10.3 Å². The van der Waals surface area contributed by atoms with Gasteiger partial charge in [0.05, 0.1) is 6.61 Å². The predicted molar refractivity (Wildman–Crippen MR) is 58.0 cm³/mol. The summed E-state index contributed by atoms with van der Waals surface area (Å²) in [6.07, 6.45) is 0. The summed E-state index contributed by atoms with van der Waals surface area (Å²) in [6, 6.07) is 2.86. The molecule has 1 amide bonds. The Balaban J connectivity index is 2.82. The fourth-order valence-electron chi connectivity index (χ4n) is 1.11. The Labute approximate surface area is 93.3 Å². The summed E-state index contributed by atoms with van der Waals surface area (Å²) in [6.45, 7) is 3.38. The van der Waals surface area contributed by atoms with Crippen molar-refractivity contribution in [2.24, 2.45) is 0 Å². The van der Waals surface area contributed by atoms with Gasteiger partial charge in [0.1, 0.15) is 5.15 Å². The molecule has 0 aromatic carbocycles. The van der Waals surface area contributed by atoms with E-state index in [1.165, 1.54) is 6.07 Å². The Kier molecular flexibility index (Phi) is 4.05. The molecule has 1 atom stereocenters. The highest BCUT2D eigenvalue weighted by Gasteiger charge is 2.10. The van der Waals surface area contributed by atoms with Gasteiger partial charge in [0, 0.05) is 17.3 Å². The number of carbonyl (C=O) groups is 1. The first-order valence-corrected chi connectivity index (χ1v) is 4.96. The molecule has 0 saturated carbocycles. The number of halogens is 1. The van der Waals surface area contributed by atoms with Gasteiger partial charge in [0.2, 0.25) is 0 Å². The van der Waals surface area contributed by atoms with Crippen molar-refractivity contribution in [3.05, 3.63) is 28.5 Å². The third-order valence-corrected chi connectivity index (χ3v) is 2.03. The largest absolute Gasteiger partial charge is 0.394 e. The molecule has 1 rings (SSSR count). The second-order valence-electron chi connectivity index (χ2n) is 3.38. The summed E-state index contributed by atoms with van der Waals surface area (Å²) < 4.78 is 0. The van der Waals surface area contributed by atoms with E-state index in [0.29, 0.717) is 11.3 Å². The molecular weight excluding hydrogens is 216 g/mol. The van der Waals surface area contributed by atoms with Crippen molar-refractivity contribution in [3.8, 4) is 0 Å². The minimum Gasteiger partial charge on any atom is -0.394 e. The molecule has 1 aromatic heterocycles. The molecule has 0 aliphatic rings. The van der Waals surface area contributed by atoms with Gasteiger partial charge in [-0.3, -0.25) is 4.79 Å². The van der Waals surface area contributed by atoms with Crippen LogP contribution in [0.2, 0.25) is 5.15 Å². The van der Waals surface area contributed by atoms with E-state index in [1.54, 1.807) is 19.9 Å². The number of aliphatic hydroxyl groups is 1. The maximum absolute atomic E-state index is 11.6. The van der Waals surface area contributed by atoms with Crippen LogP contribution in [0.1, 0.15) is 23.0 Å². The van der Waals surface area contributed by atoms with Crippen LogP contribution >= 0.6 is 11.6 Å². The number of hydrogen-bond donors (Lipinski definition) is 2. The number of aryl methyl sites for hydroxylation is 1. The summed E-state index contributed by atoms with van der Waals surface area (Å²) in [4.78, 5) is 15.6. The predicted octanol–water partition coefficient (Wildman–Crippen LogP) is 1.15. The minimum atomic E-state index is -0.273. The van der Waals surface area contributed by atoms with E-state index >= 15 is 0 Å². The quantitative estimate of drug-likeness (QED) is 0.763. The van der Waals surface area contributed by atoms with Crippen LogP contribution < -0.4 is 5.32 Å². The van der Waals surface area contributed by atoms with Gasteiger partial charge in [-0.25, -0.2) is 4.98 Å². The number of pyridine rings is 1. The fourth-order valence-corrected chi connectivity index (χ4v) is 1.36. The zero-order valence-corrected chi connectivity index (χ0v) is 9.38. The number of nitrogens with zero attached hydrogens (tertiary/aromatic N) is 1. The number of aliphatic hydroxyl groups excluding tert-OH is 1. The van der Waals surface area contributed by atoms with Crippen LogP contribution in [0.5, 0.6) is 0 Å². The van der Waals surface area contributed by atoms with Crippen LogP contribution in [0.3, 0.4) is 0 Å². The van der Waals surface area contributed by atoms with Crippen LogP contribution in [-0.4, -0.2) is 28.6 Å². The van der Waals surface area contributed by atoms with E-state index < -0.39 is 0 Å². The van der Waals surface area contributed by atoms with E-state index in [4.69, 9.17) is 16.7 Å². The molecular formula is C10H13ClN2O2. The molecule has 0 fully saturated rings. The molecule has 2 N–H and O–H groups in total. The molecule has 15 heavy (non-hydrogen) atoms. The number of rotatable bonds is 3. The van der Waals surface area contributed by atoms with Gasteiger partial charge in [-0.2, -0.15) is 0 Å². The Morgan fingerprint density at radius 1 is 1.67 bits per heavy atom. The highest BCUT2D eigenvalue weighted by Crippen LogP contribution is 2.10. The van der Waals surface area contributed by atoms with Gasteiger partial charge in [0.25, 0.3) is 5.91 Å². The third-order valence-electron chi connectivity index (χ3n) is 1.84. The van der Waals surface area contributed by atoms with Gasteiger partial charge in [-0.05, 0) is 26.0 Å². The maximum atomic E-state index is 11.6. The highest BCUT2D eigenvalue weighted by atomic mass is 35.5. The molecule has 1 heterocycles. The molecule has 82 valence electrons. The smallest absolute Gasteiger partial charge is 0.251 e. The molecule has 0 aliphatic carbocycles. The summed E-state index contributed by atoms with van der Waals surface area (Å²) in [5, 5.41) is 11.7. The first-order chi connectivity index (χ1) is 7.02.